The number of benzene rings is 1. The van der Waals surface area contributed by atoms with Crippen molar-refractivity contribution in [3.05, 3.63) is 53.3 Å². The van der Waals surface area contributed by atoms with Crippen molar-refractivity contribution in [3.8, 4) is 0 Å². The minimum atomic E-state index is -3.69. The molecule has 1 heterocycles. The first kappa shape index (κ1) is 16.4. The molecule has 0 aliphatic heterocycles. The molecule has 132 valence electrons. The average Bonchev–Trinajstić information content (AvgIpc) is 3.12. The minimum Gasteiger partial charge on any atom is -0.438 e. The van der Waals surface area contributed by atoms with Gasteiger partial charge >= 0.3 is 0 Å². The number of furan rings is 1. The van der Waals surface area contributed by atoms with Crippen molar-refractivity contribution >= 4 is 15.9 Å². The summed E-state index contributed by atoms with van der Waals surface area (Å²) in [6.07, 6.45) is 3.48. The fourth-order valence-electron chi connectivity index (χ4n) is 3.31. The molecule has 7 heteroatoms. The molecule has 0 bridgehead atoms. The van der Waals surface area contributed by atoms with Gasteiger partial charge in [-0.25, -0.2) is 13.1 Å². The summed E-state index contributed by atoms with van der Waals surface area (Å²) in [5.74, 6) is -0.266. The van der Waals surface area contributed by atoms with Gasteiger partial charge in [0.25, 0.3) is 15.9 Å². The lowest BCUT2D eigenvalue weighted by Crippen LogP contribution is -2.30. The van der Waals surface area contributed by atoms with E-state index in [1.165, 1.54) is 17.7 Å². The van der Waals surface area contributed by atoms with Crippen molar-refractivity contribution in [2.75, 3.05) is 7.05 Å². The van der Waals surface area contributed by atoms with Crippen LogP contribution in [0.15, 0.2) is 45.9 Å². The summed E-state index contributed by atoms with van der Waals surface area (Å²) in [5.41, 5.74) is 2.40. The molecule has 1 amide bonds. The maximum atomic E-state index is 12.7. The van der Waals surface area contributed by atoms with Gasteiger partial charge in [0.1, 0.15) is 0 Å². The lowest BCUT2D eigenvalue weighted by atomic mass is 10.1. The number of nitrogens with one attached hydrogen (secondary N) is 1. The zero-order chi connectivity index (χ0) is 17.6. The van der Waals surface area contributed by atoms with E-state index in [-0.39, 0.29) is 28.8 Å². The number of amides is 1. The third-order valence-corrected chi connectivity index (χ3v) is 6.24. The number of sulfonamides is 1. The van der Waals surface area contributed by atoms with E-state index in [2.05, 4.69) is 10.8 Å². The van der Waals surface area contributed by atoms with Gasteiger partial charge in [-0.1, -0.05) is 24.3 Å². The van der Waals surface area contributed by atoms with E-state index in [0.29, 0.717) is 0 Å². The molecule has 1 atom stereocenters. The van der Waals surface area contributed by atoms with Crippen LogP contribution in [0.25, 0.3) is 0 Å². The molecule has 0 saturated heterocycles. The molecule has 1 saturated carbocycles. The zero-order valence-electron chi connectivity index (χ0n) is 13.9. The van der Waals surface area contributed by atoms with Crippen LogP contribution in [0.1, 0.15) is 47.0 Å². The highest BCUT2D eigenvalue weighted by Gasteiger charge is 2.33. The molecular formula is C18H20N2O4S. The normalized spacial score (nSPS) is 19.6. The molecule has 0 radical (unpaired) electrons. The van der Waals surface area contributed by atoms with Crippen LogP contribution >= 0.6 is 0 Å². The largest absolute Gasteiger partial charge is 0.438 e. The fourth-order valence-corrected chi connectivity index (χ4v) is 4.55. The summed E-state index contributed by atoms with van der Waals surface area (Å²) >= 11 is 0. The fraction of sp³-hybridized carbons (Fsp3) is 0.389. The molecular weight excluding hydrogens is 340 g/mol. The summed E-state index contributed by atoms with van der Waals surface area (Å²) in [5, 5.41) is -0.206. The predicted octanol–water partition coefficient (Wildman–Crippen LogP) is 2.48. The van der Waals surface area contributed by atoms with E-state index >= 15 is 0 Å². The first-order valence-corrected chi connectivity index (χ1v) is 9.91. The van der Waals surface area contributed by atoms with E-state index in [9.17, 15) is 13.2 Å². The van der Waals surface area contributed by atoms with Crippen LogP contribution in [0.3, 0.4) is 0 Å². The summed E-state index contributed by atoms with van der Waals surface area (Å²) in [6, 6.07) is 10.8. The van der Waals surface area contributed by atoms with Gasteiger partial charge in [-0.3, -0.25) is 4.79 Å². The Morgan fingerprint density at radius 3 is 2.68 bits per heavy atom. The summed E-state index contributed by atoms with van der Waals surface area (Å²) in [7, 11) is -1.96. The highest BCUT2D eigenvalue weighted by atomic mass is 32.2. The van der Waals surface area contributed by atoms with Crippen LogP contribution in [-0.4, -0.2) is 32.3 Å². The van der Waals surface area contributed by atoms with E-state index < -0.39 is 10.0 Å². The standard InChI is InChI=1S/C18H20N2O4S/c1-20(15-9-6-12-4-2-3-5-14(12)15)18(21)16-10-11-17(24-16)25(22,23)19-13-7-8-13/h2-5,10-11,13,15,19H,6-9H2,1H3/t15-/m0/s1. The van der Waals surface area contributed by atoms with Crippen LogP contribution in [0, 0.1) is 0 Å². The molecule has 4 rings (SSSR count). The average molecular weight is 360 g/mol. The van der Waals surface area contributed by atoms with Crippen LogP contribution in [-0.2, 0) is 16.4 Å². The highest BCUT2D eigenvalue weighted by molar-refractivity contribution is 7.89. The quantitative estimate of drug-likeness (QED) is 0.888. The first-order valence-electron chi connectivity index (χ1n) is 8.43. The number of hydrogen-bond donors (Lipinski definition) is 1. The zero-order valence-corrected chi connectivity index (χ0v) is 14.8. The predicted molar refractivity (Wildman–Crippen MR) is 91.6 cm³/mol. The van der Waals surface area contributed by atoms with Gasteiger partial charge in [0.2, 0.25) is 5.09 Å². The number of carbonyl (C=O) groups is 1. The maximum absolute atomic E-state index is 12.7. The van der Waals surface area contributed by atoms with Gasteiger partial charge in [0, 0.05) is 13.1 Å². The van der Waals surface area contributed by atoms with Crippen LogP contribution in [0.2, 0.25) is 0 Å². The molecule has 0 spiro atoms. The third-order valence-electron chi connectivity index (χ3n) is 4.85. The van der Waals surface area contributed by atoms with E-state index in [4.69, 9.17) is 4.42 Å². The van der Waals surface area contributed by atoms with Gasteiger partial charge < -0.3 is 9.32 Å². The van der Waals surface area contributed by atoms with Crippen molar-refractivity contribution in [3.63, 3.8) is 0 Å². The minimum absolute atomic E-state index is 0.00749. The Labute approximate surface area is 146 Å². The van der Waals surface area contributed by atoms with Crippen molar-refractivity contribution < 1.29 is 17.6 Å². The lowest BCUT2D eigenvalue weighted by Gasteiger charge is -2.24. The third kappa shape index (κ3) is 3.09. The number of fused-ring (bicyclic) bond motifs is 1. The summed E-state index contributed by atoms with van der Waals surface area (Å²) < 4.78 is 32.3. The van der Waals surface area contributed by atoms with Gasteiger partial charge in [-0.15, -0.1) is 0 Å². The maximum Gasteiger partial charge on any atom is 0.289 e. The molecule has 1 aromatic carbocycles. The first-order chi connectivity index (χ1) is 12.0. The molecule has 25 heavy (non-hydrogen) atoms. The number of rotatable bonds is 5. The Balaban J connectivity index is 1.53. The summed E-state index contributed by atoms with van der Waals surface area (Å²) in [4.78, 5) is 14.4. The van der Waals surface area contributed by atoms with Crippen LogP contribution < -0.4 is 4.72 Å². The van der Waals surface area contributed by atoms with Gasteiger partial charge in [0.05, 0.1) is 6.04 Å². The second kappa shape index (κ2) is 6.00. The Hall–Kier alpha value is -2.12. The monoisotopic (exact) mass is 360 g/mol. The van der Waals surface area contributed by atoms with Crippen molar-refractivity contribution in [2.45, 2.75) is 42.9 Å². The number of aryl methyl sites for hydroxylation is 1. The lowest BCUT2D eigenvalue weighted by molar-refractivity contribution is 0.0692. The molecule has 1 aromatic heterocycles. The van der Waals surface area contributed by atoms with Gasteiger partial charge in [-0.05, 0) is 48.9 Å². The van der Waals surface area contributed by atoms with Crippen molar-refractivity contribution in [1.82, 2.24) is 9.62 Å². The smallest absolute Gasteiger partial charge is 0.289 e. The van der Waals surface area contributed by atoms with E-state index in [0.717, 1.165) is 31.2 Å². The Morgan fingerprint density at radius 1 is 1.16 bits per heavy atom. The van der Waals surface area contributed by atoms with Gasteiger partial charge in [-0.2, -0.15) is 0 Å². The molecule has 2 aliphatic rings. The number of carbonyl (C=O) groups excluding carboxylic acids is 1. The second-order valence-electron chi connectivity index (χ2n) is 6.68. The Bertz CT molecular complexity index is 915. The number of hydrogen-bond acceptors (Lipinski definition) is 4. The Kier molecular flexibility index (Phi) is 3.92. The SMILES string of the molecule is CN(C(=O)c1ccc(S(=O)(=O)NC2CC2)o1)[C@H]1CCc2ccccc21. The van der Waals surface area contributed by atoms with Crippen LogP contribution in [0.5, 0.6) is 0 Å². The summed E-state index contributed by atoms with van der Waals surface area (Å²) in [6.45, 7) is 0. The molecule has 1 fully saturated rings. The molecule has 2 aromatic rings. The highest BCUT2D eigenvalue weighted by Crippen LogP contribution is 2.35. The van der Waals surface area contributed by atoms with Crippen LogP contribution in [0.4, 0.5) is 0 Å². The Morgan fingerprint density at radius 2 is 1.92 bits per heavy atom. The second-order valence-corrected chi connectivity index (χ2v) is 8.33. The number of nitrogens with zero attached hydrogens (tertiary/aromatic N) is 1. The molecule has 6 nitrogen and oxygen atoms in total. The topological polar surface area (TPSA) is 79.6 Å². The van der Waals surface area contributed by atoms with E-state index in [1.807, 2.05) is 18.2 Å². The molecule has 2 aliphatic carbocycles. The molecule has 1 N–H and O–H groups in total. The van der Waals surface area contributed by atoms with Gasteiger partial charge in [0.15, 0.2) is 5.76 Å². The van der Waals surface area contributed by atoms with Crippen molar-refractivity contribution in [2.24, 2.45) is 0 Å². The van der Waals surface area contributed by atoms with E-state index in [1.54, 1.807) is 11.9 Å². The van der Waals surface area contributed by atoms with Crippen molar-refractivity contribution in [1.29, 1.82) is 0 Å². The molecule has 0 unspecified atom stereocenters.